The van der Waals surface area contributed by atoms with Crippen molar-refractivity contribution in [2.75, 3.05) is 11.9 Å². The van der Waals surface area contributed by atoms with Gasteiger partial charge in [0.25, 0.3) is 0 Å². The number of carbonyl (C=O) groups excluding carboxylic acids is 1. The van der Waals surface area contributed by atoms with Crippen LogP contribution in [0.15, 0.2) is 18.2 Å². The lowest BCUT2D eigenvalue weighted by molar-refractivity contribution is -0.117. The first-order valence-corrected chi connectivity index (χ1v) is 6.96. The quantitative estimate of drug-likeness (QED) is 0.792. The van der Waals surface area contributed by atoms with Crippen molar-refractivity contribution in [3.8, 4) is 0 Å². The van der Waals surface area contributed by atoms with Gasteiger partial charge in [0.05, 0.1) is 0 Å². The zero-order chi connectivity index (χ0) is 14.5. The summed E-state index contributed by atoms with van der Waals surface area (Å²) in [6, 6.07) is 6.30. The molecule has 0 unspecified atom stereocenters. The summed E-state index contributed by atoms with van der Waals surface area (Å²) in [5, 5.41) is 3.52. The van der Waals surface area contributed by atoms with Crippen LogP contribution in [0, 0.1) is 12.3 Å². The van der Waals surface area contributed by atoms with Crippen LogP contribution >= 0.6 is 0 Å². The van der Waals surface area contributed by atoms with Crippen molar-refractivity contribution < 1.29 is 4.79 Å². The summed E-state index contributed by atoms with van der Waals surface area (Å²) in [4.78, 5) is 10.9. The molecule has 1 aromatic rings. The number of aryl methyl sites for hydroxylation is 2. The minimum Gasteiger partial charge on any atom is -0.384 e. The number of carbonyl (C=O) groups is 1. The predicted molar refractivity (Wildman–Crippen MR) is 81.3 cm³/mol. The lowest BCUT2D eigenvalue weighted by atomic mass is 9.90. The number of nitrogens with two attached hydrogens (primary N) is 1. The molecule has 3 heteroatoms. The third-order valence-electron chi connectivity index (χ3n) is 3.62. The molecule has 3 N–H and O–H groups in total. The maximum absolute atomic E-state index is 10.9. The summed E-state index contributed by atoms with van der Waals surface area (Å²) >= 11 is 0. The Kier molecular flexibility index (Phi) is 5.40. The highest BCUT2D eigenvalue weighted by Gasteiger charge is 2.15. The number of anilines is 1. The molecule has 0 saturated heterocycles. The van der Waals surface area contributed by atoms with E-state index in [0.29, 0.717) is 12.8 Å². The number of primary amides is 1. The van der Waals surface area contributed by atoms with E-state index in [2.05, 4.69) is 51.2 Å². The Bertz CT molecular complexity index is 438. The van der Waals surface area contributed by atoms with Crippen LogP contribution in [0.1, 0.15) is 44.7 Å². The molecule has 0 aliphatic rings. The lowest BCUT2D eigenvalue weighted by Gasteiger charge is -2.24. The van der Waals surface area contributed by atoms with E-state index in [1.807, 2.05) is 0 Å². The molecule has 0 fully saturated rings. The van der Waals surface area contributed by atoms with Crippen molar-refractivity contribution in [1.82, 2.24) is 0 Å². The van der Waals surface area contributed by atoms with Gasteiger partial charge in [-0.3, -0.25) is 4.79 Å². The molecule has 3 nitrogen and oxygen atoms in total. The van der Waals surface area contributed by atoms with E-state index in [0.717, 1.165) is 24.2 Å². The Morgan fingerprint density at radius 3 is 2.63 bits per heavy atom. The highest BCUT2D eigenvalue weighted by Crippen LogP contribution is 2.24. The van der Waals surface area contributed by atoms with E-state index >= 15 is 0 Å². The zero-order valence-corrected chi connectivity index (χ0v) is 12.5. The highest BCUT2D eigenvalue weighted by atomic mass is 16.1. The summed E-state index contributed by atoms with van der Waals surface area (Å²) < 4.78 is 0. The molecular weight excluding hydrogens is 236 g/mol. The fraction of sp³-hybridized carbons (Fsp3) is 0.562. The first-order valence-electron chi connectivity index (χ1n) is 6.96. The van der Waals surface area contributed by atoms with Crippen LogP contribution in [0.25, 0.3) is 0 Å². The third-order valence-corrected chi connectivity index (χ3v) is 3.62. The summed E-state index contributed by atoms with van der Waals surface area (Å²) in [6.45, 7) is 9.70. The lowest BCUT2D eigenvalue weighted by Crippen LogP contribution is -2.22. The number of nitrogens with one attached hydrogen (secondary N) is 1. The molecule has 0 bridgehead atoms. The summed E-state index contributed by atoms with van der Waals surface area (Å²) in [7, 11) is 0. The van der Waals surface area contributed by atoms with Crippen molar-refractivity contribution in [2.45, 2.75) is 47.0 Å². The maximum atomic E-state index is 10.9. The Labute approximate surface area is 116 Å². The fourth-order valence-electron chi connectivity index (χ4n) is 1.79. The van der Waals surface area contributed by atoms with E-state index in [4.69, 9.17) is 5.73 Å². The molecule has 19 heavy (non-hydrogen) atoms. The Morgan fingerprint density at radius 2 is 2.05 bits per heavy atom. The summed E-state index contributed by atoms with van der Waals surface area (Å²) in [5.74, 6) is -0.250. The first kappa shape index (κ1) is 15.5. The van der Waals surface area contributed by atoms with Crippen LogP contribution in [-0.2, 0) is 11.2 Å². The Hall–Kier alpha value is -1.51. The van der Waals surface area contributed by atoms with Crippen molar-refractivity contribution in [2.24, 2.45) is 11.1 Å². The monoisotopic (exact) mass is 262 g/mol. The van der Waals surface area contributed by atoms with Gasteiger partial charge in [-0.25, -0.2) is 0 Å². The number of hydrogen-bond donors (Lipinski definition) is 2. The van der Waals surface area contributed by atoms with E-state index in [9.17, 15) is 4.79 Å². The molecule has 106 valence electrons. The molecule has 0 atom stereocenters. The predicted octanol–water partition coefficient (Wildman–Crippen LogP) is 3.26. The zero-order valence-electron chi connectivity index (χ0n) is 12.5. The van der Waals surface area contributed by atoms with Crippen LogP contribution in [0.5, 0.6) is 0 Å². The standard InChI is InChI=1S/C16H26N2O/c1-5-16(3,4)11-18-14-10-12(2)6-7-13(14)8-9-15(17)19/h6-7,10,18H,5,8-9,11H2,1-4H3,(H2,17,19). The van der Waals surface area contributed by atoms with Gasteiger partial charge in [-0.15, -0.1) is 0 Å². The molecule has 0 aliphatic heterocycles. The fourth-order valence-corrected chi connectivity index (χ4v) is 1.79. The Balaban J connectivity index is 2.79. The van der Waals surface area contributed by atoms with Gasteiger partial charge in [-0.2, -0.15) is 0 Å². The average Bonchev–Trinajstić information content (AvgIpc) is 2.35. The second-order valence-electron chi connectivity index (χ2n) is 6.00. The van der Waals surface area contributed by atoms with Crippen molar-refractivity contribution in [3.63, 3.8) is 0 Å². The minimum atomic E-state index is -0.250. The molecule has 0 saturated carbocycles. The highest BCUT2D eigenvalue weighted by molar-refractivity contribution is 5.74. The van der Waals surface area contributed by atoms with E-state index in [1.165, 1.54) is 5.56 Å². The molecule has 1 amide bonds. The van der Waals surface area contributed by atoms with Crippen molar-refractivity contribution in [1.29, 1.82) is 0 Å². The number of amides is 1. The average molecular weight is 262 g/mol. The largest absolute Gasteiger partial charge is 0.384 e. The van der Waals surface area contributed by atoms with Gasteiger partial charge < -0.3 is 11.1 Å². The van der Waals surface area contributed by atoms with Gasteiger partial charge in [0.1, 0.15) is 0 Å². The molecular formula is C16H26N2O. The number of rotatable bonds is 7. The van der Waals surface area contributed by atoms with Gasteiger partial charge in [-0.1, -0.05) is 32.9 Å². The van der Waals surface area contributed by atoms with Crippen LogP contribution < -0.4 is 11.1 Å². The van der Waals surface area contributed by atoms with Gasteiger partial charge in [0, 0.05) is 18.7 Å². The van der Waals surface area contributed by atoms with Crippen LogP contribution in [0.3, 0.4) is 0 Å². The van der Waals surface area contributed by atoms with Gasteiger partial charge >= 0.3 is 0 Å². The van der Waals surface area contributed by atoms with Crippen LogP contribution in [0.4, 0.5) is 5.69 Å². The van der Waals surface area contributed by atoms with E-state index in [-0.39, 0.29) is 11.3 Å². The smallest absolute Gasteiger partial charge is 0.217 e. The van der Waals surface area contributed by atoms with Crippen LogP contribution in [0.2, 0.25) is 0 Å². The SMILES string of the molecule is CCC(C)(C)CNc1cc(C)ccc1CCC(N)=O. The van der Waals surface area contributed by atoms with Crippen molar-refractivity contribution >= 4 is 11.6 Å². The first-order chi connectivity index (χ1) is 8.84. The molecule has 0 aromatic heterocycles. The number of hydrogen-bond acceptors (Lipinski definition) is 2. The van der Waals surface area contributed by atoms with Crippen molar-refractivity contribution in [3.05, 3.63) is 29.3 Å². The second kappa shape index (κ2) is 6.60. The van der Waals surface area contributed by atoms with Crippen LogP contribution in [-0.4, -0.2) is 12.5 Å². The molecule has 1 rings (SSSR count). The van der Waals surface area contributed by atoms with Gasteiger partial charge in [0.15, 0.2) is 0 Å². The topological polar surface area (TPSA) is 55.1 Å². The third kappa shape index (κ3) is 5.33. The maximum Gasteiger partial charge on any atom is 0.217 e. The normalized spacial score (nSPS) is 11.4. The summed E-state index contributed by atoms with van der Waals surface area (Å²) in [6.07, 6.45) is 2.22. The molecule has 1 aromatic carbocycles. The Morgan fingerprint density at radius 1 is 1.37 bits per heavy atom. The van der Waals surface area contributed by atoms with Gasteiger partial charge in [0.2, 0.25) is 5.91 Å². The minimum absolute atomic E-state index is 0.250. The molecule has 0 aliphatic carbocycles. The van der Waals surface area contributed by atoms with Gasteiger partial charge in [-0.05, 0) is 42.4 Å². The summed E-state index contributed by atoms with van der Waals surface area (Å²) in [5.41, 5.74) is 9.01. The second-order valence-corrected chi connectivity index (χ2v) is 6.00. The molecule has 0 radical (unpaired) electrons. The number of benzene rings is 1. The molecule has 0 heterocycles. The van der Waals surface area contributed by atoms with E-state index in [1.54, 1.807) is 0 Å². The van der Waals surface area contributed by atoms with E-state index < -0.39 is 0 Å². The molecule has 0 spiro atoms.